The molecule has 0 saturated carbocycles. The van der Waals surface area contributed by atoms with Crippen LogP contribution in [-0.4, -0.2) is 5.66 Å². The van der Waals surface area contributed by atoms with Gasteiger partial charge in [0.2, 0.25) is 0 Å². The van der Waals surface area contributed by atoms with Crippen molar-refractivity contribution in [1.82, 2.24) is 0 Å². The quantitative estimate of drug-likeness (QED) is 0.0951. The maximum atomic E-state index is 9.87. The van der Waals surface area contributed by atoms with Gasteiger partial charge in [0.1, 0.15) is 0 Å². The van der Waals surface area contributed by atoms with Gasteiger partial charge in [-0.15, -0.1) is 0 Å². The summed E-state index contributed by atoms with van der Waals surface area (Å²) in [6.45, 7) is 4.02. The first-order chi connectivity index (χ1) is 18.8. The second kappa shape index (κ2) is 30.1. The van der Waals surface area contributed by atoms with Crippen LogP contribution in [0, 0.1) is 48.6 Å². The molecule has 0 aromatic heterocycles. The van der Waals surface area contributed by atoms with Crippen LogP contribution in [0.4, 0.5) is 25.2 Å². The third kappa shape index (κ3) is 43.0. The molecule has 1 radical (unpaired) electrons. The summed E-state index contributed by atoms with van der Waals surface area (Å²) in [5, 5.41) is 1.47. The second-order valence-electron chi connectivity index (χ2n) is 9.28. The van der Waals surface area contributed by atoms with Crippen LogP contribution < -0.4 is 5.30 Å². The Morgan fingerprint density at radius 1 is 0.652 bits per heavy atom. The van der Waals surface area contributed by atoms with Crippen LogP contribution >= 0.6 is 16.4 Å². The van der Waals surface area contributed by atoms with E-state index in [1.807, 2.05) is 30.3 Å². The smallest absolute Gasteiger partial charge is 0.358 e. The molecule has 0 saturated heterocycles. The molecule has 0 amide bonds. The molecule has 3 aliphatic rings. The van der Waals surface area contributed by atoms with Crippen LogP contribution in [0.3, 0.4) is 0 Å². The molecule has 46 heavy (non-hydrogen) atoms. The molecule has 0 N–H and O–H groups in total. The zero-order valence-corrected chi connectivity index (χ0v) is 32.2. The summed E-state index contributed by atoms with van der Waals surface area (Å²) in [5.74, 6) is 0.786. The van der Waals surface area contributed by atoms with E-state index >= 15 is 0 Å². The standard InChI is InChI=1S/C13H16P.C8H12.C6H5.C5H8.4CH3.F6P.Fe.Rh/c1-2-11-7-6-10-13(11)14-12-8-4-3-5-9-12;1-2-4-6-8-7-5-3-1;1-2-4-6-5-3-1;1-2-4-5-3-1;;;;;1-7(2,3,4,5)6;;/h3-6,8-11,13-14H,1-2,7H2;1-2,7-8H,3-6H2;1-5H;1-2H,3-5H2;4*1H3;;;/q-1;;-1;;5*-1;+2;/b;2-1-,8-7?;;;;;;;;;/t11?,13-;;;;;;;;;;/m0........../s1. The third-order valence-electron chi connectivity index (χ3n) is 5.62. The normalized spacial score (nSPS) is 19.0. The third-order valence-corrected chi connectivity index (χ3v) is 7.28. The summed E-state index contributed by atoms with van der Waals surface area (Å²) in [6, 6.07) is 23.3. The van der Waals surface area contributed by atoms with Gasteiger partial charge in [-0.1, -0.05) is 93.4 Å². The van der Waals surface area contributed by atoms with Gasteiger partial charge in [-0.3, -0.25) is 0 Å². The zero-order chi connectivity index (χ0) is 29.6. The summed E-state index contributed by atoms with van der Waals surface area (Å²) in [6.07, 6.45) is 29.5. The van der Waals surface area contributed by atoms with Crippen LogP contribution in [0.5, 0.6) is 0 Å². The Morgan fingerprint density at radius 2 is 1.04 bits per heavy atom. The molecule has 0 fully saturated rings. The van der Waals surface area contributed by atoms with Crippen LogP contribution in [0.1, 0.15) is 57.8 Å². The predicted octanol–water partition coefficient (Wildman–Crippen LogP) is 14.2. The first-order valence-electron chi connectivity index (χ1n) is 13.5. The Morgan fingerprint density at radius 3 is 1.35 bits per heavy atom. The fourth-order valence-corrected chi connectivity index (χ4v) is 5.22. The monoisotopic (exact) mass is 820 g/mol. The van der Waals surface area contributed by atoms with Crippen molar-refractivity contribution < 1.29 is 61.7 Å². The molecule has 0 spiro atoms. The van der Waals surface area contributed by atoms with Crippen molar-refractivity contribution in [1.29, 1.82) is 0 Å². The topological polar surface area (TPSA) is 0 Å². The van der Waals surface area contributed by atoms with E-state index in [0.717, 1.165) is 26.6 Å². The number of halogens is 6. The van der Waals surface area contributed by atoms with Crippen LogP contribution in [0.2, 0.25) is 0 Å². The Bertz CT molecular complexity index is 959. The average molecular weight is 821 g/mol. The van der Waals surface area contributed by atoms with Gasteiger partial charge < -0.3 is 36.6 Å². The van der Waals surface area contributed by atoms with Crippen molar-refractivity contribution in [3.63, 3.8) is 0 Å². The minimum atomic E-state index is -10.7. The van der Waals surface area contributed by atoms with E-state index in [0.29, 0.717) is 0 Å². The molecule has 0 aliphatic heterocycles. The molecule has 10 heteroatoms. The van der Waals surface area contributed by atoms with Crippen molar-refractivity contribution in [3.8, 4) is 0 Å². The summed E-state index contributed by atoms with van der Waals surface area (Å²) in [7, 11) is -9.74. The van der Waals surface area contributed by atoms with Gasteiger partial charge in [-0.25, -0.2) is 0 Å². The van der Waals surface area contributed by atoms with E-state index in [1.165, 1.54) is 56.7 Å². The summed E-state index contributed by atoms with van der Waals surface area (Å²) in [4.78, 5) is 0. The molecule has 3 atom stereocenters. The number of rotatable bonds is 3. The number of hydrogen-bond acceptors (Lipinski definition) is 0. The Balaban J connectivity index is -0.000000111. The van der Waals surface area contributed by atoms with Crippen LogP contribution in [0.25, 0.3) is 0 Å². The maximum absolute atomic E-state index is 10.7. The van der Waals surface area contributed by atoms with E-state index < -0.39 is 7.81 Å². The molecule has 2 aromatic carbocycles. The maximum Gasteiger partial charge on any atom is 2.00 e. The molecule has 5 rings (SSSR count). The zero-order valence-electron chi connectivity index (χ0n) is 27.5. The van der Waals surface area contributed by atoms with E-state index in [2.05, 4.69) is 91.9 Å². The average Bonchev–Trinajstić information content (AvgIpc) is 3.60. The van der Waals surface area contributed by atoms with Crippen molar-refractivity contribution >= 4 is 21.7 Å². The first kappa shape index (κ1) is 57.3. The molecule has 2 aromatic rings. The van der Waals surface area contributed by atoms with Gasteiger partial charge in [0.05, 0.1) is 0 Å². The van der Waals surface area contributed by atoms with Gasteiger partial charge in [0, 0.05) is 19.5 Å². The molecular weight excluding hydrogens is 767 g/mol. The van der Waals surface area contributed by atoms with Gasteiger partial charge in [-0.05, 0) is 62.3 Å². The molecule has 2 unspecified atom stereocenters. The van der Waals surface area contributed by atoms with E-state index in [1.54, 1.807) is 0 Å². The Kier molecular flexibility index (Phi) is 37.4. The molecule has 0 bridgehead atoms. The van der Waals surface area contributed by atoms with E-state index in [9.17, 15) is 25.2 Å². The first-order valence-corrected chi connectivity index (χ1v) is 16.7. The molecule has 3 aliphatic carbocycles. The number of benzene rings is 2. The fraction of sp³-hybridized carbons (Fsp3) is 0.306. The van der Waals surface area contributed by atoms with Crippen molar-refractivity contribution in [3.05, 3.63) is 152 Å². The largest absolute Gasteiger partial charge is 2.00 e. The van der Waals surface area contributed by atoms with Crippen LogP contribution in [0.15, 0.2) is 109 Å². The van der Waals surface area contributed by atoms with E-state index in [-0.39, 0.29) is 66.3 Å². The van der Waals surface area contributed by atoms with Gasteiger partial charge in [0.25, 0.3) is 0 Å². The van der Waals surface area contributed by atoms with Crippen LogP contribution in [-0.2, 0) is 36.5 Å². The number of hydrogen-bond donors (Lipinski definition) is 0. The summed E-state index contributed by atoms with van der Waals surface area (Å²) in [5.41, 5.74) is 0.745. The van der Waals surface area contributed by atoms with Crippen molar-refractivity contribution in [2.75, 3.05) is 0 Å². The molecule has 0 nitrogen and oxygen atoms in total. The second-order valence-corrected chi connectivity index (χ2v) is 12.7. The van der Waals surface area contributed by atoms with Gasteiger partial charge in [-0.2, -0.15) is 42.8 Å². The molecular formula is C36H53F6FeP2Rh-5. The van der Waals surface area contributed by atoms with Gasteiger partial charge >= 0.3 is 50.1 Å². The Hall–Kier alpha value is -1.02. The van der Waals surface area contributed by atoms with Gasteiger partial charge in [0.15, 0.2) is 0 Å². The summed E-state index contributed by atoms with van der Waals surface area (Å²) >= 11 is 0. The predicted molar refractivity (Wildman–Crippen MR) is 190 cm³/mol. The fourth-order valence-electron chi connectivity index (χ4n) is 3.68. The van der Waals surface area contributed by atoms with Crippen molar-refractivity contribution in [2.45, 2.75) is 63.4 Å². The van der Waals surface area contributed by atoms with Crippen molar-refractivity contribution in [2.24, 2.45) is 5.92 Å². The molecule has 0 heterocycles. The minimum Gasteiger partial charge on any atom is -0.358 e. The minimum absolute atomic E-state index is 0. The SMILES string of the molecule is C1=CCC/C=C\CC1.C1=CCCC1.F[P-](F)(F)(F)(F)F.[CH2-]CC1CC=C[C@@H]1Pc1ccccc1.[CH3-].[CH3-].[CH3-].[CH3-].[Fe+2].[Rh].[c-]1ccccc1. The molecule has 271 valence electrons. The Labute approximate surface area is 303 Å². The van der Waals surface area contributed by atoms with E-state index in [4.69, 9.17) is 0 Å². The number of allylic oxidation sites excluding steroid dienone is 8. The summed E-state index contributed by atoms with van der Waals surface area (Å²) < 4.78 is 59.2.